The Hall–Kier alpha value is -2.90. The summed E-state index contributed by atoms with van der Waals surface area (Å²) in [6.07, 6.45) is -0.595. The first-order valence-corrected chi connectivity index (χ1v) is 9.10. The molecule has 1 heterocycles. The SMILES string of the molecule is O=C(NC[C@@H](CC1(c2ccccc2)OCCO1)C(=O)O)OCc1ccccc1. The summed E-state index contributed by atoms with van der Waals surface area (Å²) in [6.45, 7) is 0.788. The predicted molar refractivity (Wildman–Crippen MR) is 100 cm³/mol. The molecule has 0 aliphatic carbocycles. The van der Waals surface area contributed by atoms with Gasteiger partial charge < -0.3 is 24.6 Å². The lowest BCUT2D eigenvalue weighted by Crippen LogP contribution is -2.39. The third kappa shape index (κ3) is 5.09. The lowest BCUT2D eigenvalue weighted by molar-refractivity contribution is -0.185. The van der Waals surface area contributed by atoms with Gasteiger partial charge in [-0.2, -0.15) is 0 Å². The van der Waals surface area contributed by atoms with Crippen molar-refractivity contribution in [2.24, 2.45) is 5.92 Å². The molecule has 0 bridgehead atoms. The van der Waals surface area contributed by atoms with Crippen LogP contribution in [0.25, 0.3) is 0 Å². The maximum Gasteiger partial charge on any atom is 0.407 e. The molecule has 0 aromatic heterocycles. The van der Waals surface area contributed by atoms with E-state index in [0.29, 0.717) is 13.2 Å². The molecule has 148 valence electrons. The Morgan fingerprint density at radius 2 is 1.64 bits per heavy atom. The lowest BCUT2D eigenvalue weighted by atomic mass is 9.93. The Morgan fingerprint density at radius 1 is 1.04 bits per heavy atom. The highest BCUT2D eigenvalue weighted by molar-refractivity contribution is 5.72. The zero-order valence-electron chi connectivity index (χ0n) is 15.4. The molecule has 2 aromatic rings. The Morgan fingerprint density at radius 3 is 2.25 bits per heavy atom. The van der Waals surface area contributed by atoms with Crippen LogP contribution in [0.3, 0.4) is 0 Å². The quantitative estimate of drug-likeness (QED) is 0.726. The molecule has 3 rings (SSSR count). The van der Waals surface area contributed by atoms with Gasteiger partial charge >= 0.3 is 12.1 Å². The molecule has 7 heteroatoms. The lowest BCUT2D eigenvalue weighted by Gasteiger charge is -2.30. The minimum Gasteiger partial charge on any atom is -0.481 e. The number of amides is 1. The van der Waals surface area contributed by atoms with Crippen molar-refractivity contribution in [1.29, 1.82) is 0 Å². The molecule has 1 amide bonds. The van der Waals surface area contributed by atoms with Crippen molar-refractivity contribution in [1.82, 2.24) is 5.32 Å². The van der Waals surface area contributed by atoms with E-state index in [9.17, 15) is 14.7 Å². The molecule has 1 saturated heterocycles. The van der Waals surface area contributed by atoms with Crippen LogP contribution in [0.4, 0.5) is 4.79 Å². The minimum absolute atomic E-state index is 0.0747. The Balaban J connectivity index is 1.58. The van der Waals surface area contributed by atoms with Gasteiger partial charge in [-0.05, 0) is 5.56 Å². The van der Waals surface area contributed by atoms with E-state index in [2.05, 4.69) is 5.32 Å². The first-order valence-electron chi connectivity index (χ1n) is 9.10. The summed E-state index contributed by atoms with van der Waals surface area (Å²) in [4.78, 5) is 23.7. The van der Waals surface area contributed by atoms with Gasteiger partial charge in [-0.15, -0.1) is 0 Å². The van der Waals surface area contributed by atoms with Gasteiger partial charge in [0, 0.05) is 18.5 Å². The fourth-order valence-electron chi connectivity index (χ4n) is 3.10. The number of aliphatic carboxylic acids is 1. The normalized spacial score (nSPS) is 16.3. The largest absolute Gasteiger partial charge is 0.481 e. The molecule has 1 aliphatic rings. The standard InChI is InChI=1S/C21H23NO6/c23-19(24)17(14-22-20(25)26-15-16-7-3-1-4-8-16)13-21(27-11-12-28-21)18-9-5-2-6-10-18/h1-10,17H,11-15H2,(H,22,25)(H,23,24)/t17-/m1/s1. The van der Waals surface area contributed by atoms with Crippen LogP contribution in [-0.4, -0.2) is 36.9 Å². The summed E-state index contributed by atoms with van der Waals surface area (Å²) in [5.74, 6) is -3.07. The van der Waals surface area contributed by atoms with Gasteiger partial charge in [-0.1, -0.05) is 60.7 Å². The van der Waals surface area contributed by atoms with Crippen LogP contribution in [0, 0.1) is 5.92 Å². The number of hydrogen-bond donors (Lipinski definition) is 2. The number of rotatable bonds is 8. The summed E-state index contributed by atoms with van der Waals surface area (Å²) >= 11 is 0. The highest BCUT2D eigenvalue weighted by atomic mass is 16.7. The van der Waals surface area contributed by atoms with Crippen LogP contribution < -0.4 is 5.32 Å². The fourth-order valence-corrected chi connectivity index (χ4v) is 3.10. The van der Waals surface area contributed by atoms with E-state index >= 15 is 0 Å². The second-order valence-electron chi connectivity index (χ2n) is 6.50. The van der Waals surface area contributed by atoms with Crippen molar-refractivity contribution >= 4 is 12.1 Å². The second-order valence-corrected chi connectivity index (χ2v) is 6.50. The summed E-state index contributed by atoms with van der Waals surface area (Å²) < 4.78 is 16.7. The summed E-state index contributed by atoms with van der Waals surface area (Å²) in [7, 11) is 0. The van der Waals surface area contributed by atoms with E-state index in [0.717, 1.165) is 11.1 Å². The van der Waals surface area contributed by atoms with E-state index < -0.39 is 23.8 Å². The van der Waals surface area contributed by atoms with Crippen LogP contribution in [-0.2, 0) is 31.4 Å². The van der Waals surface area contributed by atoms with Gasteiger partial charge in [0.05, 0.1) is 19.1 Å². The van der Waals surface area contributed by atoms with Gasteiger partial charge in [0.15, 0.2) is 5.79 Å². The molecule has 1 fully saturated rings. The van der Waals surface area contributed by atoms with Gasteiger partial charge in [0.2, 0.25) is 0 Å². The molecule has 2 aromatic carbocycles. The highest BCUT2D eigenvalue weighted by Gasteiger charge is 2.42. The number of carboxylic acid groups (broad SMARTS) is 1. The molecular weight excluding hydrogens is 362 g/mol. The topological polar surface area (TPSA) is 94.1 Å². The van der Waals surface area contributed by atoms with Crippen LogP contribution >= 0.6 is 0 Å². The van der Waals surface area contributed by atoms with E-state index in [4.69, 9.17) is 14.2 Å². The van der Waals surface area contributed by atoms with Crippen LogP contribution in [0.15, 0.2) is 60.7 Å². The maximum atomic E-state index is 11.9. The van der Waals surface area contributed by atoms with Gasteiger partial charge in [-0.25, -0.2) is 4.79 Å². The average molecular weight is 385 g/mol. The number of carbonyl (C=O) groups is 2. The Bertz CT molecular complexity index is 774. The number of carboxylic acids is 1. The van der Waals surface area contributed by atoms with Gasteiger partial charge in [-0.3, -0.25) is 4.79 Å². The van der Waals surface area contributed by atoms with E-state index in [-0.39, 0.29) is 19.6 Å². The van der Waals surface area contributed by atoms with Crippen LogP contribution in [0.5, 0.6) is 0 Å². The molecule has 0 radical (unpaired) electrons. The molecule has 28 heavy (non-hydrogen) atoms. The Kier molecular flexibility index (Phi) is 6.62. The smallest absolute Gasteiger partial charge is 0.407 e. The van der Waals surface area contributed by atoms with Crippen molar-refractivity contribution in [3.63, 3.8) is 0 Å². The molecule has 0 spiro atoms. The number of ether oxygens (including phenoxy) is 3. The monoisotopic (exact) mass is 385 g/mol. The van der Waals surface area contributed by atoms with Crippen molar-refractivity contribution in [3.8, 4) is 0 Å². The number of benzene rings is 2. The molecule has 2 N–H and O–H groups in total. The van der Waals surface area contributed by atoms with Gasteiger partial charge in [0.1, 0.15) is 6.61 Å². The number of nitrogens with one attached hydrogen (secondary N) is 1. The van der Waals surface area contributed by atoms with Gasteiger partial charge in [0.25, 0.3) is 0 Å². The zero-order valence-corrected chi connectivity index (χ0v) is 15.4. The van der Waals surface area contributed by atoms with Crippen molar-refractivity contribution in [2.75, 3.05) is 19.8 Å². The fraction of sp³-hybridized carbons (Fsp3) is 0.333. The average Bonchev–Trinajstić information content (AvgIpc) is 3.20. The van der Waals surface area contributed by atoms with Crippen molar-refractivity contribution in [2.45, 2.75) is 18.8 Å². The highest BCUT2D eigenvalue weighted by Crippen LogP contribution is 2.37. The molecule has 1 atom stereocenters. The maximum absolute atomic E-state index is 11.9. The number of hydrogen-bond acceptors (Lipinski definition) is 5. The minimum atomic E-state index is -1.13. The molecule has 1 aliphatic heterocycles. The van der Waals surface area contributed by atoms with E-state index in [1.807, 2.05) is 60.7 Å². The number of alkyl carbamates (subject to hydrolysis) is 1. The van der Waals surface area contributed by atoms with Crippen LogP contribution in [0.1, 0.15) is 17.5 Å². The first kappa shape index (κ1) is 19.9. The summed E-state index contributed by atoms with van der Waals surface area (Å²) in [6, 6.07) is 18.5. The number of carbonyl (C=O) groups excluding carboxylic acids is 1. The summed E-state index contributed by atoms with van der Waals surface area (Å²) in [5.41, 5.74) is 1.61. The Labute approximate surface area is 163 Å². The third-order valence-electron chi connectivity index (χ3n) is 4.54. The van der Waals surface area contributed by atoms with E-state index in [1.165, 1.54) is 0 Å². The third-order valence-corrected chi connectivity index (χ3v) is 4.54. The van der Waals surface area contributed by atoms with Crippen molar-refractivity contribution < 1.29 is 28.9 Å². The van der Waals surface area contributed by atoms with E-state index in [1.54, 1.807) is 0 Å². The van der Waals surface area contributed by atoms with Crippen molar-refractivity contribution in [3.05, 3.63) is 71.8 Å². The molecule has 7 nitrogen and oxygen atoms in total. The van der Waals surface area contributed by atoms with Crippen LogP contribution in [0.2, 0.25) is 0 Å². The summed E-state index contributed by atoms with van der Waals surface area (Å²) in [5, 5.41) is 12.1. The molecule has 0 unspecified atom stereocenters. The zero-order chi connectivity index (χ0) is 19.8. The molecular formula is C21H23NO6. The predicted octanol–water partition coefficient (Wildman–Crippen LogP) is 2.90. The second kappa shape index (κ2) is 9.34. The molecule has 0 saturated carbocycles. The first-order chi connectivity index (χ1) is 13.6.